The van der Waals surface area contributed by atoms with E-state index in [1.165, 1.54) is 101 Å². The topological polar surface area (TPSA) is 70.3 Å². The second kappa shape index (κ2) is 18.5. The number of nitrogens with two attached hydrogens (primary N) is 1. The van der Waals surface area contributed by atoms with Crippen LogP contribution in [0.25, 0.3) is 10.6 Å². The summed E-state index contributed by atoms with van der Waals surface area (Å²) >= 11 is 1.39. The van der Waals surface area contributed by atoms with Crippen LogP contribution in [0.3, 0.4) is 0 Å². The van der Waals surface area contributed by atoms with Crippen molar-refractivity contribution in [2.45, 2.75) is 117 Å². The summed E-state index contributed by atoms with van der Waals surface area (Å²) in [5.41, 5.74) is 6.75. The molecule has 0 atom stereocenters. The van der Waals surface area contributed by atoms with Crippen molar-refractivity contribution in [2.75, 3.05) is 18.9 Å². The van der Waals surface area contributed by atoms with E-state index in [1.54, 1.807) is 0 Å². The van der Waals surface area contributed by atoms with Crippen molar-refractivity contribution in [1.29, 1.82) is 0 Å². The van der Waals surface area contributed by atoms with E-state index in [4.69, 9.17) is 15.2 Å². The fourth-order valence-corrected chi connectivity index (χ4v) is 4.67. The Morgan fingerprint density at radius 3 is 1.65 bits per heavy atom. The molecule has 0 amide bonds. The Hall–Kier alpha value is -1.82. The molecule has 0 radical (unpaired) electrons. The van der Waals surface area contributed by atoms with Gasteiger partial charge in [-0.05, 0) is 31.0 Å². The number of hydrogen-bond acceptors (Lipinski definition) is 6. The summed E-state index contributed by atoms with van der Waals surface area (Å²) in [6, 6.07) is 6.04. The van der Waals surface area contributed by atoms with E-state index >= 15 is 0 Å². The van der Waals surface area contributed by atoms with E-state index in [9.17, 15) is 0 Å². The van der Waals surface area contributed by atoms with Gasteiger partial charge in [0.05, 0.1) is 13.2 Å². The Bertz CT molecular complexity index is 766. The molecule has 0 fully saturated rings. The zero-order chi connectivity index (χ0) is 24.3. The van der Waals surface area contributed by atoms with Crippen LogP contribution in [-0.4, -0.2) is 23.4 Å². The SMILES string of the molecule is CCCCCCCCCCOc1ccc(-c2nnc(N)s2)cc1OCCCCCCCCCC. The molecule has 0 saturated heterocycles. The van der Waals surface area contributed by atoms with Gasteiger partial charge in [0.25, 0.3) is 0 Å². The van der Waals surface area contributed by atoms with Crippen LogP contribution in [0.15, 0.2) is 18.2 Å². The van der Waals surface area contributed by atoms with Crippen LogP contribution in [0.5, 0.6) is 11.5 Å². The van der Waals surface area contributed by atoms with Crippen molar-refractivity contribution in [2.24, 2.45) is 0 Å². The summed E-state index contributed by atoms with van der Waals surface area (Å²) in [6.45, 7) is 5.97. The monoisotopic (exact) mass is 489 g/mol. The minimum atomic E-state index is 0.478. The zero-order valence-electron chi connectivity index (χ0n) is 21.7. The second-order valence-electron chi connectivity index (χ2n) is 9.25. The minimum absolute atomic E-state index is 0.478. The Morgan fingerprint density at radius 1 is 0.647 bits per heavy atom. The molecule has 1 aromatic carbocycles. The molecule has 0 spiro atoms. The van der Waals surface area contributed by atoms with E-state index in [1.807, 2.05) is 18.2 Å². The van der Waals surface area contributed by atoms with Gasteiger partial charge >= 0.3 is 0 Å². The predicted molar refractivity (Wildman–Crippen MR) is 146 cm³/mol. The highest BCUT2D eigenvalue weighted by Gasteiger charge is 2.11. The van der Waals surface area contributed by atoms with Gasteiger partial charge in [0.1, 0.15) is 5.01 Å². The summed E-state index contributed by atoms with van der Waals surface area (Å²) in [5, 5.41) is 9.41. The maximum absolute atomic E-state index is 6.18. The van der Waals surface area contributed by atoms with Gasteiger partial charge in [0, 0.05) is 5.56 Å². The number of ether oxygens (including phenoxy) is 2. The van der Waals surface area contributed by atoms with E-state index in [0.29, 0.717) is 11.7 Å². The molecule has 2 N–H and O–H groups in total. The number of aromatic nitrogens is 2. The molecule has 34 heavy (non-hydrogen) atoms. The van der Waals surface area contributed by atoms with Gasteiger partial charge in [-0.3, -0.25) is 0 Å². The fourth-order valence-electron chi connectivity index (χ4n) is 4.06. The number of hydrogen-bond donors (Lipinski definition) is 1. The molecule has 2 aromatic rings. The average molecular weight is 490 g/mol. The first-order valence-corrected chi connectivity index (χ1v) is 14.5. The Morgan fingerprint density at radius 2 is 1.15 bits per heavy atom. The lowest BCUT2D eigenvalue weighted by molar-refractivity contribution is 0.258. The van der Waals surface area contributed by atoms with Crippen LogP contribution in [-0.2, 0) is 0 Å². The first kappa shape index (κ1) is 28.4. The summed E-state index contributed by atoms with van der Waals surface area (Å²) in [6.07, 6.45) is 20.7. The van der Waals surface area contributed by atoms with E-state index in [-0.39, 0.29) is 0 Å². The highest BCUT2D eigenvalue weighted by molar-refractivity contribution is 7.18. The number of nitrogens with zero attached hydrogens (tertiary/aromatic N) is 2. The molecule has 0 aliphatic rings. The van der Waals surface area contributed by atoms with Gasteiger partial charge in [0.2, 0.25) is 5.13 Å². The Labute approximate surface area is 211 Å². The smallest absolute Gasteiger partial charge is 0.203 e. The van der Waals surface area contributed by atoms with Crippen molar-refractivity contribution in [3.8, 4) is 22.1 Å². The molecule has 0 aliphatic carbocycles. The highest BCUT2D eigenvalue weighted by Crippen LogP contribution is 2.34. The summed E-state index contributed by atoms with van der Waals surface area (Å²) < 4.78 is 12.3. The number of rotatable bonds is 21. The maximum atomic E-state index is 6.18. The molecule has 0 aliphatic heterocycles. The van der Waals surface area contributed by atoms with Gasteiger partial charge in [-0.25, -0.2) is 0 Å². The van der Waals surface area contributed by atoms with E-state index in [2.05, 4.69) is 24.0 Å². The fraction of sp³-hybridized carbons (Fsp3) is 0.714. The lowest BCUT2D eigenvalue weighted by Crippen LogP contribution is -2.03. The number of benzene rings is 1. The first-order chi connectivity index (χ1) is 16.7. The maximum Gasteiger partial charge on any atom is 0.203 e. The summed E-state index contributed by atoms with van der Waals surface area (Å²) in [4.78, 5) is 0. The molecule has 192 valence electrons. The molecule has 5 nitrogen and oxygen atoms in total. The average Bonchev–Trinajstić information content (AvgIpc) is 3.28. The van der Waals surface area contributed by atoms with Crippen molar-refractivity contribution in [3.63, 3.8) is 0 Å². The third-order valence-corrected chi connectivity index (χ3v) is 6.94. The highest BCUT2D eigenvalue weighted by atomic mass is 32.1. The van der Waals surface area contributed by atoms with Crippen LogP contribution in [0.2, 0.25) is 0 Å². The van der Waals surface area contributed by atoms with Crippen molar-refractivity contribution in [1.82, 2.24) is 10.2 Å². The lowest BCUT2D eigenvalue weighted by Gasteiger charge is -2.14. The quantitative estimate of drug-likeness (QED) is 0.177. The number of unbranched alkanes of at least 4 members (excludes halogenated alkanes) is 14. The third kappa shape index (κ3) is 12.0. The van der Waals surface area contributed by atoms with Crippen molar-refractivity contribution < 1.29 is 9.47 Å². The summed E-state index contributed by atoms with van der Waals surface area (Å²) in [5.74, 6) is 1.62. The van der Waals surface area contributed by atoms with Crippen LogP contribution in [0.4, 0.5) is 5.13 Å². The largest absolute Gasteiger partial charge is 0.490 e. The molecule has 0 saturated carbocycles. The third-order valence-electron chi connectivity index (χ3n) is 6.14. The standard InChI is InChI=1S/C28H47N3O2S/c1-3-5-7-9-11-13-15-17-21-32-25-20-19-24(27-30-31-28(29)34-27)23-26(25)33-22-18-16-14-12-10-8-6-4-2/h19-20,23H,3-18,21-22H2,1-2H3,(H2,29,31). The molecule has 0 unspecified atom stereocenters. The summed E-state index contributed by atoms with van der Waals surface area (Å²) in [7, 11) is 0. The van der Waals surface area contributed by atoms with Crippen LogP contribution in [0, 0.1) is 0 Å². The number of nitrogen functional groups attached to an aromatic ring is 1. The van der Waals surface area contributed by atoms with Crippen molar-refractivity contribution >= 4 is 16.5 Å². The van der Waals surface area contributed by atoms with Crippen LogP contribution >= 0.6 is 11.3 Å². The zero-order valence-corrected chi connectivity index (χ0v) is 22.5. The molecule has 2 rings (SSSR count). The van der Waals surface area contributed by atoms with Gasteiger partial charge in [-0.1, -0.05) is 115 Å². The van der Waals surface area contributed by atoms with E-state index < -0.39 is 0 Å². The molecular formula is C28H47N3O2S. The van der Waals surface area contributed by atoms with Gasteiger partial charge in [-0.2, -0.15) is 0 Å². The Kier molecular flexibility index (Phi) is 15.5. The van der Waals surface area contributed by atoms with Crippen molar-refractivity contribution in [3.05, 3.63) is 18.2 Å². The van der Waals surface area contributed by atoms with E-state index in [0.717, 1.165) is 41.5 Å². The second-order valence-corrected chi connectivity index (χ2v) is 10.3. The minimum Gasteiger partial charge on any atom is -0.490 e. The Balaban J connectivity index is 1.77. The van der Waals surface area contributed by atoms with Gasteiger partial charge in [0.15, 0.2) is 11.5 Å². The molecule has 0 bridgehead atoms. The lowest BCUT2D eigenvalue weighted by atomic mass is 10.1. The normalized spacial score (nSPS) is 11.1. The first-order valence-electron chi connectivity index (χ1n) is 13.7. The molecule has 6 heteroatoms. The molecule has 1 heterocycles. The van der Waals surface area contributed by atoms with Gasteiger partial charge < -0.3 is 15.2 Å². The van der Waals surface area contributed by atoms with Gasteiger partial charge in [-0.15, -0.1) is 10.2 Å². The number of anilines is 1. The van der Waals surface area contributed by atoms with Crippen LogP contribution < -0.4 is 15.2 Å². The van der Waals surface area contributed by atoms with Crippen LogP contribution in [0.1, 0.15) is 117 Å². The molecule has 1 aromatic heterocycles. The predicted octanol–water partition coefficient (Wildman–Crippen LogP) is 8.83. The molecular weight excluding hydrogens is 442 g/mol.